The maximum absolute atomic E-state index is 12.4. The predicted octanol–water partition coefficient (Wildman–Crippen LogP) is 2.85. The minimum Gasteiger partial charge on any atom is -0.508 e. The first-order valence-electron chi connectivity index (χ1n) is 8.69. The summed E-state index contributed by atoms with van der Waals surface area (Å²) < 4.78 is 11.5. The average Bonchev–Trinajstić information content (AvgIpc) is 2.67. The fraction of sp³-hybridized carbons (Fsp3) is 0.143. The number of rotatable bonds is 3. The van der Waals surface area contributed by atoms with Gasteiger partial charge in [-0.1, -0.05) is 24.3 Å². The Morgan fingerprint density at radius 3 is 2.57 bits per heavy atom. The fourth-order valence-corrected chi connectivity index (χ4v) is 3.05. The van der Waals surface area contributed by atoms with Crippen molar-refractivity contribution in [2.24, 2.45) is 5.10 Å². The van der Waals surface area contributed by atoms with Crippen LogP contribution in [-0.2, 0) is 4.79 Å². The number of phenolic OH excluding ortho intramolecular Hbond substituents is 2. The molecule has 0 fully saturated rings. The molecule has 28 heavy (non-hydrogen) atoms. The van der Waals surface area contributed by atoms with Crippen LogP contribution in [0.3, 0.4) is 0 Å². The molecule has 0 spiro atoms. The number of aryl methyl sites for hydroxylation is 1. The summed E-state index contributed by atoms with van der Waals surface area (Å²) in [5.74, 6) is 0.451. The van der Waals surface area contributed by atoms with E-state index in [0.29, 0.717) is 22.6 Å². The van der Waals surface area contributed by atoms with Crippen molar-refractivity contribution in [1.29, 1.82) is 0 Å². The zero-order valence-corrected chi connectivity index (χ0v) is 15.0. The van der Waals surface area contributed by atoms with E-state index in [1.54, 1.807) is 6.92 Å². The molecule has 3 N–H and O–H groups in total. The van der Waals surface area contributed by atoms with Gasteiger partial charge in [0.1, 0.15) is 18.1 Å². The highest BCUT2D eigenvalue weighted by Gasteiger charge is 2.27. The Morgan fingerprint density at radius 1 is 1.14 bits per heavy atom. The average molecular weight is 378 g/mol. The number of ether oxygens (including phenoxy) is 2. The maximum atomic E-state index is 12.4. The molecule has 1 amide bonds. The third-order valence-corrected chi connectivity index (χ3v) is 4.48. The standard InChI is InChI=1S/C21H18N2O5/c1-12-6-15(24)9-17(25)16(12)10-22-23-21(26)20-11-27-18-7-13-4-2-3-5-14(13)8-19(18)28-20/h2-10,20,24-25H,11H2,1H3,(H,23,26)/b22-10-. The monoisotopic (exact) mass is 378 g/mol. The molecule has 1 aliphatic rings. The van der Waals surface area contributed by atoms with E-state index >= 15 is 0 Å². The third-order valence-electron chi connectivity index (χ3n) is 4.48. The van der Waals surface area contributed by atoms with E-state index in [-0.39, 0.29) is 18.1 Å². The number of phenols is 2. The van der Waals surface area contributed by atoms with Crippen LogP contribution in [0, 0.1) is 6.92 Å². The van der Waals surface area contributed by atoms with Crippen molar-refractivity contribution >= 4 is 22.9 Å². The molecule has 7 nitrogen and oxygen atoms in total. The second-order valence-corrected chi connectivity index (χ2v) is 6.49. The van der Waals surface area contributed by atoms with Gasteiger partial charge >= 0.3 is 0 Å². The number of amides is 1. The Balaban J connectivity index is 1.46. The molecule has 142 valence electrons. The Morgan fingerprint density at radius 2 is 1.86 bits per heavy atom. The van der Waals surface area contributed by atoms with Crippen molar-refractivity contribution in [2.75, 3.05) is 6.61 Å². The van der Waals surface area contributed by atoms with Gasteiger partial charge in [-0.05, 0) is 41.5 Å². The summed E-state index contributed by atoms with van der Waals surface area (Å²) in [4.78, 5) is 12.4. The number of fused-ring (bicyclic) bond motifs is 2. The van der Waals surface area contributed by atoms with Crippen LogP contribution in [0.4, 0.5) is 0 Å². The second-order valence-electron chi connectivity index (χ2n) is 6.49. The lowest BCUT2D eigenvalue weighted by Gasteiger charge is -2.25. The molecule has 0 aliphatic carbocycles. The van der Waals surface area contributed by atoms with Crippen LogP contribution >= 0.6 is 0 Å². The zero-order chi connectivity index (χ0) is 19.7. The van der Waals surface area contributed by atoms with Gasteiger partial charge in [-0.3, -0.25) is 4.79 Å². The molecule has 1 heterocycles. The highest BCUT2D eigenvalue weighted by molar-refractivity contribution is 5.89. The molecule has 0 saturated heterocycles. The van der Waals surface area contributed by atoms with Gasteiger partial charge in [0.25, 0.3) is 5.91 Å². The number of carbonyl (C=O) groups excluding carboxylic acids is 1. The number of nitrogens with one attached hydrogen (secondary N) is 1. The summed E-state index contributed by atoms with van der Waals surface area (Å²) in [5.41, 5.74) is 3.41. The van der Waals surface area contributed by atoms with Gasteiger partial charge in [0.2, 0.25) is 6.10 Å². The minimum atomic E-state index is -0.847. The molecule has 4 rings (SSSR count). The maximum Gasteiger partial charge on any atom is 0.284 e. The summed E-state index contributed by atoms with van der Waals surface area (Å²) in [6.07, 6.45) is 0.466. The van der Waals surface area contributed by atoms with Crippen LogP contribution < -0.4 is 14.9 Å². The smallest absolute Gasteiger partial charge is 0.284 e. The largest absolute Gasteiger partial charge is 0.508 e. The molecular formula is C21H18N2O5. The molecule has 7 heteroatoms. The van der Waals surface area contributed by atoms with Crippen LogP contribution in [0.25, 0.3) is 10.8 Å². The second kappa shape index (κ2) is 7.11. The van der Waals surface area contributed by atoms with Gasteiger partial charge in [0.15, 0.2) is 11.5 Å². The van der Waals surface area contributed by atoms with Gasteiger partial charge < -0.3 is 19.7 Å². The van der Waals surface area contributed by atoms with Crippen LogP contribution in [-0.4, -0.2) is 35.0 Å². The number of nitrogens with zero attached hydrogens (tertiary/aromatic N) is 1. The summed E-state index contributed by atoms with van der Waals surface area (Å²) >= 11 is 0. The molecule has 1 aliphatic heterocycles. The molecular weight excluding hydrogens is 360 g/mol. The molecule has 1 atom stereocenters. The van der Waals surface area contributed by atoms with E-state index < -0.39 is 12.0 Å². The quantitative estimate of drug-likeness (QED) is 0.481. The molecule has 3 aromatic rings. The zero-order valence-electron chi connectivity index (χ0n) is 15.0. The number of hydrogen-bond donors (Lipinski definition) is 3. The normalized spacial score (nSPS) is 15.7. The topological polar surface area (TPSA) is 100 Å². The van der Waals surface area contributed by atoms with E-state index in [0.717, 1.165) is 10.8 Å². The lowest BCUT2D eigenvalue weighted by atomic mass is 10.1. The van der Waals surface area contributed by atoms with Gasteiger partial charge in [-0.15, -0.1) is 0 Å². The van der Waals surface area contributed by atoms with Crippen molar-refractivity contribution in [3.63, 3.8) is 0 Å². The number of hydrazone groups is 1. The first-order valence-corrected chi connectivity index (χ1v) is 8.69. The van der Waals surface area contributed by atoms with Crippen molar-refractivity contribution in [3.8, 4) is 23.0 Å². The number of benzene rings is 3. The van der Waals surface area contributed by atoms with E-state index in [2.05, 4.69) is 10.5 Å². The first kappa shape index (κ1) is 17.7. The fourth-order valence-electron chi connectivity index (χ4n) is 3.05. The third kappa shape index (κ3) is 3.42. The minimum absolute atomic E-state index is 0.0462. The van der Waals surface area contributed by atoms with Gasteiger partial charge in [-0.2, -0.15) is 5.10 Å². The molecule has 0 bridgehead atoms. The van der Waals surface area contributed by atoms with Gasteiger partial charge in [-0.25, -0.2) is 5.43 Å². The van der Waals surface area contributed by atoms with Crippen molar-refractivity contribution in [3.05, 3.63) is 59.7 Å². The molecule has 0 saturated carbocycles. The Hall–Kier alpha value is -3.74. The van der Waals surface area contributed by atoms with E-state index in [1.165, 1.54) is 18.3 Å². The molecule has 0 radical (unpaired) electrons. The number of hydrogen-bond acceptors (Lipinski definition) is 6. The first-order chi connectivity index (χ1) is 13.5. The van der Waals surface area contributed by atoms with Crippen LogP contribution in [0.15, 0.2) is 53.6 Å². The van der Waals surface area contributed by atoms with Crippen molar-refractivity contribution < 1.29 is 24.5 Å². The Kier molecular flexibility index (Phi) is 4.49. The number of aromatic hydroxyl groups is 2. The Bertz CT molecular complexity index is 1070. The highest BCUT2D eigenvalue weighted by atomic mass is 16.6. The highest BCUT2D eigenvalue weighted by Crippen LogP contribution is 2.35. The predicted molar refractivity (Wildman–Crippen MR) is 104 cm³/mol. The SMILES string of the molecule is Cc1cc(O)cc(O)c1/C=N\NC(=O)C1COc2cc3ccccc3cc2O1. The van der Waals surface area contributed by atoms with E-state index in [9.17, 15) is 15.0 Å². The summed E-state index contributed by atoms with van der Waals surface area (Å²) in [6, 6.07) is 14.2. The molecule has 0 aromatic heterocycles. The van der Waals surface area contributed by atoms with Gasteiger partial charge in [0, 0.05) is 11.6 Å². The Labute approximate surface area is 160 Å². The summed E-state index contributed by atoms with van der Waals surface area (Å²) in [6.45, 7) is 1.78. The van der Waals surface area contributed by atoms with Crippen LogP contribution in [0.2, 0.25) is 0 Å². The lowest BCUT2D eigenvalue weighted by molar-refractivity contribution is -0.130. The van der Waals surface area contributed by atoms with Crippen LogP contribution in [0.1, 0.15) is 11.1 Å². The van der Waals surface area contributed by atoms with Crippen molar-refractivity contribution in [1.82, 2.24) is 5.43 Å². The van der Waals surface area contributed by atoms with E-state index in [1.807, 2.05) is 36.4 Å². The van der Waals surface area contributed by atoms with E-state index in [4.69, 9.17) is 9.47 Å². The van der Waals surface area contributed by atoms with Crippen LogP contribution in [0.5, 0.6) is 23.0 Å². The number of carbonyl (C=O) groups is 1. The lowest BCUT2D eigenvalue weighted by Crippen LogP contribution is -2.42. The molecule has 3 aromatic carbocycles. The summed E-state index contributed by atoms with van der Waals surface area (Å²) in [7, 11) is 0. The van der Waals surface area contributed by atoms with Crippen molar-refractivity contribution in [2.45, 2.75) is 13.0 Å². The summed E-state index contributed by atoms with van der Waals surface area (Å²) in [5, 5.41) is 25.2. The van der Waals surface area contributed by atoms with Gasteiger partial charge in [0.05, 0.1) is 6.21 Å². The molecule has 1 unspecified atom stereocenters.